The summed E-state index contributed by atoms with van der Waals surface area (Å²) in [6, 6.07) is 0.292. The van der Waals surface area contributed by atoms with Gasteiger partial charge >= 0.3 is 6.03 Å². The normalized spacial score (nSPS) is 22.9. The summed E-state index contributed by atoms with van der Waals surface area (Å²) in [6.07, 6.45) is 3.59. The van der Waals surface area contributed by atoms with Gasteiger partial charge in [0.05, 0.1) is 0 Å². The number of rotatable bonds is 4. The van der Waals surface area contributed by atoms with E-state index < -0.39 is 0 Å². The minimum absolute atomic E-state index is 0.0981. The average Bonchev–Trinajstić information content (AvgIpc) is 2.29. The van der Waals surface area contributed by atoms with Crippen molar-refractivity contribution in [3.05, 3.63) is 0 Å². The Bertz CT molecular complexity index is 220. The van der Waals surface area contributed by atoms with Crippen LogP contribution in [-0.2, 0) is 0 Å². The highest BCUT2D eigenvalue weighted by atomic mass is 16.2. The molecule has 0 aliphatic carbocycles. The van der Waals surface area contributed by atoms with Crippen LogP contribution in [0.15, 0.2) is 0 Å². The molecule has 94 valence electrons. The van der Waals surface area contributed by atoms with Gasteiger partial charge in [-0.1, -0.05) is 13.3 Å². The molecule has 16 heavy (non-hydrogen) atoms. The Hall–Kier alpha value is -0.770. The highest BCUT2D eigenvalue weighted by molar-refractivity contribution is 5.74. The van der Waals surface area contributed by atoms with E-state index in [4.69, 9.17) is 0 Å². The third kappa shape index (κ3) is 4.00. The first-order chi connectivity index (χ1) is 7.67. The van der Waals surface area contributed by atoms with Crippen molar-refractivity contribution in [2.24, 2.45) is 5.92 Å². The van der Waals surface area contributed by atoms with E-state index in [1.54, 1.807) is 0 Å². The van der Waals surface area contributed by atoms with Crippen LogP contribution in [0.5, 0.6) is 0 Å². The molecule has 4 nitrogen and oxygen atoms in total. The Balaban J connectivity index is 2.35. The zero-order chi connectivity index (χ0) is 12.0. The SMILES string of the molecule is CCC1CCCN(C(=O)N[C@@H](C)CNC)C1. The molecular formula is C12H25N3O. The van der Waals surface area contributed by atoms with Gasteiger partial charge in [0.25, 0.3) is 0 Å². The number of piperidine rings is 1. The highest BCUT2D eigenvalue weighted by Gasteiger charge is 2.22. The van der Waals surface area contributed by atoms with Gasteiger partial charge in [0.2, 0.25) is 0 Å². The van der Waals surface area contributed by atoms with Gasteiger partial charge in [0.1, 0.15) is 0 Å². The molecule has 0 aromatic carbocycles. The quantitative estimate of drug-likeness (QED) is 0.763. The van der Waals surface area contributed by atoms with E-state index in [1.165, 1.54) is 12.8 Å². The molecule has 0 saturated carbocycles. The maximum atomic E-state index is 11.9. The van der Waals surface area contributed by atoms with E-state index in [0.29, 0.717) is 5.92 Å². The average molecular weight is 227 g/mol. The van der Waals surface area contributed by atoms with Crippen molar-refractivity contribution < 1.29 is 4.79 Å². The van der Waals surface area contributed by atoms with Crippen LogP contribution in [0, 0.1) is 5.92 Å². The van der Waals surface area contributed by atoms with Gasteiger partial charge in [0, 0.05) is 25.7 Å². The summed E-state index contributed by atoms with van der Waals surface area (Å²) in [5.41, 5.74) is 0. The number of urea groups is 1. The first-order valence-electron chi connectivity index (χ1n) is 6.37. The third-order valence-electron chi connectivity index (χ3n) is 3.26. The zero-order valence-corrected chi connectivity index (χ0v) is 10.8. The van der Waals surface area contributed by atoms with Crippen LogP contribution >= 0.6 is 0 Å². The summed E-state index contributed by atoms with van der Waals surface area (Å²) in [6.45, 7) is 6.88. The standard InChI is InChI=1S/C12H25N3O/c1-4-11-6-5-7-15(9-11)12(16)14-10(2)8-13-3/h10-11,13H,4-9H2,1-3H3,(H,14,16)/t10-,11?/m0/s1. The lowest BCUT2D eigenvalue weighted by molar-refractivity contribution is 0.161. The summed E-state index contributed by atoms with van der Waals surface area (Å²) in [5, 5.41) is 6.08. The number of nitrogens with zero attached hydrogens (tertiary/aromatic N) is 1. The van der Waals surface area contributed by atoms with Crippen molar-refractivity contribution in [3.8, 4) is 0 Å². The predicted octanol–water partition coefficient (Wildman–Crippen LogP) is 1.43. The van der Waals surface area contributed by atoms with Crippen LogP contribution in [0.1, 0.15) is 33.1 Å². The van der Waals surface area contributed by atoms with E-state index in [-0.39, 0.29) is 12.1 Å². The molecule has 0 aromatic rings. The molecule has 1 aliphatic rings. The summed E-state index contributed by atoms with van der Waals surface area (Å²) >= 11 is 0. The second kappa shape index (κ2) is 6.74. The fourth-order valence-corrected chi connectivity index (χ4v) is 2.24. The Morgan fingerprint density at radius 1 is 1.56 bits per heavy atom. The minimum atomic E-state index is 0.0981. The second-order valence-corrected chi connectivity index (χ2v) is 4.77. The van der Waals surface area contributed by atoms with Crippen LogP contribution in [0.25, 0.3) is 0 Å². The van der Waals surface area contributed by atoms with Crippen molar-refractivity contribution in [1.29, 1.82) is 0 Å². The molecular weight excluding hydrogens is 202 g/mol. The van der Waals surface area contributed by atoms with E-state index in [1.807, 2.05) is 18.9 Å². The summed E-state index contributed by atoms with van der Waals surface area (Å²) < 4.78 is 0. The maximum absolute atomic E-state index is 11.9. The van der Waals surface area contributed by atoms with Crippen LogP contribution in [-0.4, -0.2) is 43.7 Å². The van der Waals surface area contributed by atoms with Gasteiger partial charge in [-0.3, -0.25) is 0 Å². The maximum Gasteiger partial charge on any atom is 0.317 e. The van der Waals surface area contributed by atoms with Crippen LogP contribution in [0.4, 0.5) is 4.79 Å². The van der Waals surface area contributed by atoms with Gasteiger partial charge < -0.3 is 15.5 Å². The van der Waals surface area contributed by atoms with Gasteiger partial charge in [-0.25, -0.2) is 4.79 Å². The molecule has 1 saturated heterocycles. The van der Waals surface area contributed by atoms with Crippen molar-refractivity contribution in [3.63, 3.8) is 0 Å². The lowest BCUT2D eigenvalue weighted by Crippen LogP contribution is -2.49. The van der Waals surface area contributed by atoms with Gasteiger partial charge in [-0.2, -0.15) is 0 Å². The Morgan fingerprint density at radius 2 is 2.31 bits per heavy atom. The molecule has 1 aliphatic heterocycles. The van der Waals surface area contributed by atoms with Gasteiger partial charge in [-0.05, 0) is 32.7 Å². The van der Waals surface area contributed by atoms with Gasteiger partial charge in [-0.15, -0.1) is 0 Å². The summed E-state index contributed by atoms with van der Waals surface area (Å²) in [7, 11) is 1.90. The summed E-state index contributed by atoms with van der Waals surface area (Å²) in [4.78, 5) is 13.9. The molecule has 2 N–H and O–H groups in total. The van der Waals surface area contributed by atoms with E-state index in [9.17, 15) is 4.79 Å². The van der Waals surface area contributed by atoms with Crippen molar-refractivity contribution in [1.82, 2.24) is 15.5 Å². The molecule has 1 heterocycles. The van der Waals surface area contributed by atoms with Crippen LogP contribution < -0.4 is 10.6 Å². The fourth-order valence-electron chi connectivity index (χ4n) is 2.24. The van der Waals surface area contributed by atoms with Gasteiger partial charge in [0.15, 0.2) is 0 Å². The fraction of sp³-hybridized carbons (Fsp3) is 0.917. The topological polar surface area (TPSA) is 44.4 Å². The number of carbonyl (C=O) groups is 1. The lowest BCUT2D eigenvalue weighted by Gasteiger charge is -2.33. The Labute approximate surface area is 98.8 Å². The van der Waals surface area contributed by atoms with Crippen molar-refractivity contribution >= 4 is 6.03 Å². The van der Waals surface area contributed by atoms with E-state index >= 15 is 0 Å². The first-order valence-corrected chi connectivity index (χ1v) is 6.37. The van der Waals surface area contributed by atoms with Crippen LogP contribution in [0.3, 0.4) is 0 Å². The van der Waals surface area contributed by atoms with E-state index in [0.717, 1.165) is 26.1 Å². The number of nitrogens with one attached hydrogen (secondary N) is 2. The van der Waals surface area contributed by atoms with Crippen molar-refractivity contribution in [2.75, 3.05) is 26.7 Å². The zero-order valence-electron chi connectivity index (χ0n) is 10.8. The molecule has 1 rings (SSSR count). The highest BCUT2D eigenvalue weighted by Crippen LogP contribution is 2.18. The molecule has 1 unspecified atom stereocenters. The molecule has 2 amide bonds. The predicted molar refractivity (Wildman–Crippen MR) is 66.5 cm³/mol. The monoisotopic (exact) mass is 227 g/mol. The van der Waals surface area contributed by atoms with Crippen LogP contribution in [0.2, 0.25) is 0 Å². The minimum Gasteiger partial charge on any atom is -0.334 e. The number of amides is 2. The smallest absolute Gasteiger partial charge is 0.317 e. The lowest BCUT2D eigenvalue weighted by atomic mass is 9.96. The largest absolute Gasteiger partial charge is 0.334 e. The second-order valence-electron chi connectivity index (χ2n) is 4.77. The number of carbonyl (C=O) groups excluding carboxylic acids is 1. The van der Waals surface area contributed by atoms with E-state index in [2.05, 4.69) is 17.6 Å². The number of hydrogen-bond donors (Lipinski definition) is 2. The molecule has 1 fully saturated rings. The molecule has 0 bridgehead atoms. The van der Waals surface area contributed by atoms with Crippen molar-refractivity contribution in [2.45, 2.75) is 39.2 Å². The number of likely N-dealkylation sites (N-methyl/N-ethyl adjacent to an activating group) is 1. The molecule has 4 heteroatoms. The molecule has 0 spiro atoms. The first kappa shape index (κ1) is 13.3. The molecule has 2 atom stereocenters. The molecule has 0 radical (unpaired) electrons. The summed E-state index contributed by atoms with van der Waals surface area (Å²) in [5.74, 6) is 0.694. The number of likely N-dealkylation sites (tertiary alicyclic amines) is 1. The molecule has 0 aromatic heterocycles. The third-order valence-corrected chi connectivity index (χ3v) is 3.26. The Morgan fingerprint density at radius 3 is 2.94 bits per heavy atom. The number of hydrogen-bond acceptors (Lipinski definition) is 2. The Kier molecular flexibility index (Phi) is 5.60.